The van der Waals surface area contributed by atoms with Crippen LogP contribution in [-0.2, 0) is 21.2 Å². The van der Waals surface area contributed by atoms with Gasteiger partial charge >= 0.3 is 5.69 Å². The Morgan fingerprint density at radius 3 is 2.53 bits per heavy atom. The summed E-state index contributed by atoms with van der Waals surface area (Å²) >= 11 is 0. The third-order valence-electron chi connectivity index (χ3n) is 6.05. The average Bonchev–Trinajstić information content (AvgIpc) is 2.83. The van der Waals surface area contributed by atoms with E-state index in [2.05, 4.69) is 10.3 Å². The van der Waals surface area contributed by atoms with Crippen molar-refractivity contribution in [3.05, 3.63) is 86.2 Å². The van der Waals surface area contributed by atoms with Gasteiger partial charge in [0.1, 0.15) is 12.3 Å². The SMILES string of the molecule is CCOc1ccc(N(CC(=O)N[C@@H]2CCCc3ccccc32)S(=O)(=O)c2c(C)[nH]c(=O)[nH]c2=O)cc1. The van der Waals surface area contributed by atoms with Crippen molar-refractivity contribution >= 4 is 21.6 Å². The summed E-state index contributed by atoms with van der Waals surface area (Å²) in [6.45, 7) is 3.01. The lowest BCUT2D eigenvalue weighted by Crippen LogP contribution is -2.44. The molecule has 0 bridgehead atoms. The highest BCUT2D eigenvalue weighted by Crippen LogP contribution is 2.30. The van der Waals surface area contributed by atoms with Crippen molar-refractivity contribution in [1.29, 1.82) is 0 Å². The molecule has 0 saturated heterocycles. The number of sulfonamides is 1. The number of amides is 1. The fourth-order valence-corrected chi connectivity index (χ4v) is 6.10. The van der Waals surface area contributed by atoms with E-state index in [1.54, 1.807) is 12.1 Å². The molecule has 36 heavy (non-hydrogen) atoms. The summed E-state index contributed by atoms with van der Waals surface area (Å²) in [5, 5.41) is 2.96. The van der Waals surface area contributed by atoms with E-state index in [9.17, 15) is 22.8 Å². The van der Waals surface area contributed by atoms with E-state index in [0.717, 1.165) is 34.7 Å². The van der Waals surface area contributed by atoms with Gasteiger partial charge in [-0.3, -0.25) is 18.9 Å². The molecule has 1 amide bonds. The van der Waals surface area contributed by atoms with Crippen molar-refractivity contribution in [3.8, 4) is 5.75 Å². The van der Waals surface area contributed by atoms with Crippen molar-refractivity contribution < 1.29 is 17.9 Å². The lowest BCUT2D eigenvalue weighted by atomic mass is 9.88. The highest BCUT2D eigenvalue weighted by Gasteiger charge is 2.33. The smallest absolute Gasteiger partial charge is 0.325 e. The molecule has 2 aromatic carbocycles. The van der Waals surface area contributed by atoms with Gasteiger partial charge in [0.15, 0.2) is 4.90 Å². The number of hydrogen-bond donors (Lipinski definition) is 3. The van der Waals surface area contributed by atoms with Crippen molar-refractivity contribution in [1.82, 2.24) is 15.3 Å². The molecule has 0 saturated carbocycles. The molecule has 1 heterocycles. The zero-order valence-corrected chi connectivity index (χ0v) is 20.9. The second kappa shape index (κ2) is 10.4. The van der Waals surface area contributed by atoms with E-state index < -0.39 is 38.6 Å². The minimum absolute atomic E-state index is 0.124. The Kier molecular flexibility index (Phi) is 7.30. The Bertz CT molecular complexity index is 1480. The number of aryl methyl sites for hydroxylation is 2. The first kappa shape index (κ1) is 25.2. The Labute approximate surface area is 208 Å². The fraction of sp³-hybridized carbons (Fsp3) is 0.320. The number of carbonyl (C=O) groups is 1. The predicted molar refractivity (Wildman–Crippen MR) is 135 cm³/mol. The molecule has 3 aromatic rings. The van der Waals surface area contributed by atoms with Crippen LogP contribution in [0.1, 0.15) is 42.6 Å². The Morgan fingerprint density at radius 2 is 1.83 bits per heavy atom. The predicted octanol–water partition coefficient (Wildman–Crippen LogP) is 2.16. The molecule has 3 N–H and O–H groups in total. The largest absolute Gasteiger partial charge is 0.494 e. The van der Waals surface area contributed by atoms with E-state index in [0.29, 0.717) is 12.4 Å². The summed E-state index contributed by atoms with van der Waals surface area (Å²) < 4.78 is 33.7. The number of nitrogens with one attached hydrogen (secondary N) is 3. The number of carbonyl (C=O) groups excluding carboxylic acids is 1. The molecule has 4 rings (SSSR count). The summed E-state index contributed by atoms with van der Waals surface area (Å²) in [6, 6.07) is 13.8. The van der Waals surface area contributed by atoms with Crippen LogP contribution in [-0.4, -0.2) is 37.4 Å². The van der Waals surface area contributed by atoms with Gasteiger partial charge in [-0.15, -0.1) is 0 Å². The number of hydrogen-bond acceptors (Lipinski definition) is 6. The first-order chi connectivity index (χ1) is 17.2. The van der Waals surface area contributed by atoms with Gasteiger partial charge in [-0.1, -0.05) is 24.3 Å². The van der Waals surface area contributed by atoms with Crippen molar-refractivity contribution in [2.75, 3.05) is 17.5 Å². The molecule has 1 aliphatic carbocycles. The van der Waals surface area contributed by atoms with Gasteiger partial charge in [0.25, 0.3) is 15.6 Å². The minimum atomic E-state index is -4.54. The maximum atomic E-state index is 13.7. The first-order valence-electron chi connectivity index (χ1n) is 11.7. The molecule has 10 nitrogen and oxygen atoms in total. The van der Waals surface area contributed by atoms with Crippen LogP contribution in [0.15, 0.2) is 63.0 Å². The number of aromatic amines is 2. The van der Waals surface area contributed by atoms with Gasteiger partial charge in [0.05, 0.1) is 18.3 Å². The first-order valence-corrected chi connectivity index (χ1v) is 13.1. The van der Waals surface area contributed by atoms with E-state index >= 15 is 0 Å². The van der Waals surface area contributed by atoms with Crippen LogP contribution in [0.4, 0.5) is 5.69 Å². The van der Waals surface area contributed by atoms with Crippen molar-refractivity contribution in [2.24, 2.45) is 0 Å². The lowest BCUT2D eigenvalue weighted by Gasteiger charge is -2.28. The number of aromatic nitrogens is 2. The number of benzene rings is 2. The summed E-state index contributed by atoms with van der Waals surface area (Å²) in [5.41, 5.74) is 0.330. The molecule has 1 atom stereocenters. The Hall–Kier alpha value is -3.86. The molecule has 1 aromatic heterocycles. The number of fused-ring (bicyclic) bond motifs is 1. The summed E-state index contributed by atoms with van der Waals surface area (Å²) in [5.74, 6) is 0.00704. The maximum Gasteiger partial charge on any atom is 0.325 e. The number of rotatable bonds is 8. The molecule has 0 radical (unpaired) electrons. The number of H-pyrrole nitrogens is 2. The zero-order valence-electron chi connectivity index (χ0n) is 20.0. The monoisotopic (exact) mass is 512 g/mol. The summed E-state index contributed by atoms with van der Waals surface area (Å²) in [7, 11) is -4.54. The third-order valence-corrected chi connectivity index (χ3v) is 7.98. The normalized spacial score (nSPS) is 15.1. The maximum absolute atomic E-state index is 13.7. The molecule has 11 heteroatoms. The zero-order chi connectivity index (χ0) is 25.9. The number of anilines is 1. The van der Waals surface area contributed by atoms with Crippen molar-refractivity contribution in [2.45, 2.75) is 44.0 Å². The highest BCUT2D eigenvalue weighted by molar-refractivity contribution is 7.92. The molecule has 0 aliphatic heterocycles. The molecule has 1 aliphatic rings. The second-order valence-corrected chi connectivity index (χ2v) is 10.3. The van der Waals surface area contributed by atoms with E-state index in [-0.39, 0.29) is 17.4 Å². The molecular formula is C25H28N4O6S. The van der Waals surface area contributed by atoms with Gasteiger partial charge in [-0.2, -0.15) is 0 Å². The van der Waals surface area contributed by atoms with Gasteiger partial charge in [0, 0.05) is 5.69 Å². The molecule has 190 valence electrons. The quantitative estimate of drug-likeness (QED) is 0.422. The van der Waals surface area contributed by atoms with E-state index in [1.807, 2.05) is 36.2 Å². The van der Waals surface area contributed by atoms with Crippen LogP contribution < -0.4 is 25.6 Å². The summed E-state index contributed by atoms with van der Waals surface area (Å²) in [4.78, 5) is 41.0. The van der Waals surface area contributed by atoms with E-state index in [4.69, 9.17) is 4.74 Å². The van der Waals surface area contributed by atoms with Gasteiger partial charge in [0.2, 0.25) is 5.91 Å². The van der Waals surface area contributed by atoms with Crippen molar-refractivity contribution in [3.63, 3.8) is 0 Å². The number of nitrogens with zero attached hydrogens (tertiary/aromatic N) is 1. The van der Waals surface area contributed by atoms with Crippen LogP contribution in [0.25, 0.3) is 0 Å². The van der Waals surface area contributed by atoms with Crippen LogP contribution in [0.2, 0.25) is 0 Å². The van der Waals surface area contributed by atoms with E-state index in [1.165, 1.54) is 19.1 Å². The van der Waals surface area contributed by atoms with Gasteiger partial charge < -0.3 is 15.0 Å². The van der Waals surface area contributed by atoms with Gasteiger partial charge in [-0.25, -0.2) is 13.2 Å². The van der Waals surface area contributed by atoms with Crippen LogP contribution in [0.5, 0.6) is 5.75 Å². The standard InChI is InChI=1S/C25H28N4O6S/c1-3-35-19-13-11-18(12-14-19)29(36(33,34)23-16(2)26-25(32)28-24(23)31)15-22(30)27-21-10-6-8-17-7-4-5-9-20(17)21/h4-5,7,9,11-14,21H,3,6,8,10,15H2,1-2H3,(H,27,30)(H2,26,28,31,32)/t21-/m1/s1. The topological polar surface area (TPSA) is 141 Å². The lowest BCUT2D eigenvalue weighted by molar-refractivity contribution is -0.120. The van der Waals surface area contributed by atoms with Gasteiger partial charge in [-0.05, 0) is 68.5 Å². The Morgan fingerprint density at radius 1 is 1.11 bits per heavy atom. The average molecular weight is 513 g/mol. The minimum Gasteiger partial charge on any atom is -0.494 e. The molecular weight excluding hydrogens is 484 g/mol. The molecule has 0 unspecified atom stereocenters. The highest BCUT2D eigenvalue weighted by atomic mass is 32.2. The fourth-order valence-electron chi connectivity index (χ4n) is 4.47. The molecule has 0 spiro atoms. The second-order valence-electron chi connectivity index (χ2n) is 8.51. The molecule has 0 fully saturated rings. The van der Waals surface area contributed by atoms with Crippen LogP contribution in [0.3, 0.4) is 0 Å². The van der Waals surface area contributed by atoms with Crippen LogP contribution >= 0.6 is 0 Å². The summed E-state index contributed by atoms with van der Waals surface area (Å²) in [6.07, 6.45) is 2.55. The van der Waals surface area contributed by atoms with Crippen LogP contribution in [0, 0.1) is 6.92 Å². The number of ether oxygens (including phenoxy) is 1. The Balaban J connectivity index is 1.69. The third kappa shape index (κ3) is 5.20.